The van der Waals surface area contributed by atoms with Crippen molar-refractivity contribution in [3.63, 3.8) is 0 Å². The number of halogens is 3. The second-order valence-electron chi connectivity index (χ2n) is 10.5. The van der Waals surface area contributed by atoms with Gasteiger partial charge in [-0.2, -0.15) is 13.2 Å². The van der Waals surface area contributed by atoms with E-state index in [1.54, 1.807) is 12.2 Å². The minimum absolute atomic E-state index is 0.0420. The molecular formula is C24H29F3O5. The molecule has 4 unspecified atom stereocenters. The third-order valence-electron chi connectivity index (χ3n) is 8.76. The first kappa shape index (κ1) is 23.2. The zero-order valence-corrected chi connectivity index (χ0v) is 18.4. The van der Waals surface area contributed by atoms with E-state index in [1.807, 2.05) is 19.9 Å². The van der Waals surface area contributed by atoms with E-state index in [4.69, 9.17) is 0 Å². The van der Waals surface area contributed by atoms with Crippen molar-refractivity contribution in [3.8, 4) is 0 Å². The van der Waals surface area contributed by atoms with Gasteiger partial charge in [-0.25, -0.2) is 4.79 Å². The number of fused-ring (bicyclic) bond motifs is 5. The van der Waals surface area contributed by atoms with Gasteiger partial charge >= 0.3 is 12.1 Å². The van der Waals surface area contributed by atoms with Crippen molar-refractivity contribution in [2.24, 2.45) is 40.4 Å². The Morgan fingerprint density at radius 3 is 2.62 bits per heavy atom. The number of esters is 1. The van der Waals surface area contributed by atoms with E-state index in [2.05, 4.69) is 11.7 Å². The van der Waals surface area contributed by atoms with Crippen LogP contribution in [0.2, 0.25) is 0 Å². The summed E-state index contributed by atoms with van der Waals surface area (Å²) in [5.74, 6) is -3.45. The average molecular weight is 454 g/mol. The standard InChI is InChI=1S/C24H29F3O5/c1-12-8-16-15-5-4-13-9-14(28)6-7-22(13,2)20(15)17(29)10-23(16,3)19(12)18(30)11-32-21(31)24(25,26)27/h6-7,9,12,15-17,19-20,29H,4-5,8,10-11H2,1-3H3/t12-,15?,16?,17-,19?,20?,22+,23+/m1/s1. The Morgan fingerprint density at radius 2 is 1.97 bits per heavy atom. The molecule has 3 saturated carbocycles. The topological polar surface area (TPSA) is 80.7 Å². The maximum Gasteiger partial charge on any atom is 0.490 e. The number of ketones is 2. The number of Topliss-reactive ketones (excluding diaryl/α,β-unsaturated/α-hetero) is 1. The number of rotatable bonds is 3. The van der Waals surface area contributed by atoms with Crippen LogP contribution in [0.1, 0.15) is 46.5 Å². The zero-order chi connectivity index (χ0) is 23.6. The van der Waals surface area contributed by atoms with E-state index in [0.29, 0.717) is 6.42 Å². The van der Waals surface area contributed by atoms with E-state index in [-0.39, 0.29) is 29.5 Å². The second-order valence-corrected chi connectivity index (χ2v) is 10.5. The number of alkyl halides is 3. The molecule has 0 radical (unpaired) electrons. The highest BCUT2D eigenvalue weighted by molar-refractivity contribution is 6.01. The second kappa shape index (κ2) is 7.54. The fourth-order valence-corrected chi connectivity index (χ4v) is 7.69. The summed E-state index contributed by atoms with van der Waals surface area (Å²) in [6.07, 6.45) is 1.89. The SMILES string of the molecule is C[C@@H]1CC2C3CCC4=CC(=O)C=C[C@]4(C)C3[C@H](O)C[C@]2(C)C1C(=O)COC(=O)C(F)(F)F. The molecule has 0 amide bonds. The molecule has 5 nitrogen and oxygen atoms in total. The molecule has 4 rings (SSSR count). The molecule has 4 aliphatic rings. The van der Waals surface area contributed by atoms with Crippen molar-refractivity contribution >= 4 is 17.5 Å². The molecule has 0 spiro atoms. The molecule has 0 bridgehead atoms. The molecule has 32 heavy (non-hydrogen) atoms. The maximum absolute atomic E-state index is 13.0. The summed E-state index contributed by atoms with van der Waals surface area (Å²) in [4.78, 5) is 35.9. The van der Waals surface area contributed by atoms with Crippen LogP contribution in [-0.2, 0) is 19.1 Å². The Balaban J connectivity index is 1.59. The Hall–Kier alpha value is -1.96. The van der Waals surface area contributed by atoms with E-state index in [1.165, 1.54) is 0 Å². The number of allylic oxidation sites excluding steroid dienone is 4. The van der Waals surface area contributed by atoms with Crippen LogP contribution in [0.4, 0.5) is 13.2 Å². The van der Waals surface area contributed by atoms with Gasteiger partial charge in [0.2, 0.25) is 0 Å². The largest absolute Gasteiger partial charge is 0.490 e. The predicted octanol–water partition coefficient (Wildman–Crippen LogP) is 3.80. The highest BCUT2D eigenvalue weighted by Gasteiger charge is 2.64. The summed E-state index contributed by atoms with van der Waals surface area (Å²) in [5, 5.41) is 11.3. The van der Waals surface area contributed by atoms with Crippen LogP contribution in [0.3, 0.4) is 0 Å². The highest BCUT2D eigenvalue weighted by atomic mass is 19.4. The zero-order valence-electron chi connectivity index (χ0n) is 18.4. The van der Waals surface area contributed by atoms with Crippen molar-refractivity contribution in [1.29, 1.82) is 0 Å². The lowest BCUT2D eigenvalue weighted by Crippen LogP contribution is -2.56. The van der Waals surface area contributed by atoms with E-state index >= 15 is 0 Å². The molecule has 8 heteroatoms. The average Bonchev–Trinajstić information content (AvgIpc) is 2.95. The first-order valence-corrected chi connectivity index (χ1v) is 11.2. The van der Waals surface area contributed by atoms with Gasteiger partial charge in [-0.05, 0) is 61.0 Å². The molecule has 3 fully saturated rings. The normalized spacial score (nSPS) is 43.1. The van der Waals surface area contributed by atoms with Crippen molar-refractivity contribution in [2.75, 3.05) is 6.61 Å². The van der Waals surface area contributed by atoms with Crippen molar-refractivity contribution < 1.29 is 37.4 Å². The van der Waals surface area contributed by atoms with Gasteiger partial charge in [0, 0.05) is 17.3 Å². The summed E-state index contributed by atoms with van der Waals surface area (Å²) in [6, 6.07) is 0. The molecule has 0 aliphatic heterocycles. The fourth-order valence-electron chi connectivity index (χ4n) is 7.69. The Kier molecular flexibility index (Phi) is 5.47. The molecule has 8 atom stereocenters. The first-order valence-electron chi connectivity index (χ1n) is 11.2. The van der Waals surface area contributed by atoms with Crippen molar-refractivity contribution in [2.45, 2.75) is 58.7 Å². The monoisotopic (exact) mass is 454 g/mol. The maximum atomic E-state index is 13.0. The lowest BCUT2D eigenvalue weighted by molar-refractivity contribution is -0.200. The lowest BCUT2D eigenvalue weighted by atomic mass is 9.46. The highest BCUT2D eigenvalue weighted by Crippen LogP contribution is 2.67. The minimum Gasteiger partial charge on any atom is -0.451 e. The molecule has 4 aliphatic carbocycles. The number of hydrogen-bond acceptors (Lipinski definition) is 5. The molecule has 0 heterocycles. The summed E-state index contributed by atoms with van der Waals surface area (Å²) < 4.78 is 41.7. The molecular weight excluding hydrogens is 425 g/mol. The van der Waals surface area contributed by atoms with E-state index in [0.717, 1.165) is 24.8 Å². The van der Waals surface area contributed by atoms with Gasteiger partial charge in [0.05, 0.1) is 6.10 Å². The molecule has 0 saturated heterocycles. The Labute approximate surface area is 185 Å². The summed E-state index contributed by atoms with van der Waals surface area (Å²) in [7, 11) is 0. The molecule has 0 aromatic heterocycles. The Morgan fingerprint density at radius 1 is 1.28 bits per heavy atom. The molecule has 176 valence electrons. The van der Waals surface area contributed by atoms with Gasteiger partial charge in [0.15, 0.2) is 18.2 Å². The summed E-state index contributed by atoms with van der Waals surface area (Å²) >= 11 is 0. The minimum atomic E-state index is -5.14. The summed E-state index contributed by atoms with van der Waals surface area (Å²) in [6.45, 7) is 5.01. The number of ether oxygens (including phenoxy) is 1. The van der Waals surface area contributed by atoms with Gasteiger partial charge in [-0.1, -0.05) is 32.4 Å². The van der Waals surface area contributed by atoms with Crippen molar-refractivity contribution in [1.82, 2.24) is 0 Å². The predicted molar refractivity (Wildman–Crippen MR) is 108 cm³/mol. The van der Waals surface area contributed by atoms with E-state index < -0.39 is 47.4 Å². The van der Waals surface area contributed by atoms with Crippen LogP contribution < -0.4 is 0 Å². The number of aliphatic hydroxyl groups is 1. The van der Waals surface area contributed by atoms with E-state index in [9.17, 15) is 32.7 Å². The Bertz CT molecular complexity index is 906. The molecule has 0 aromatic carbocycles. The third-order valence-corrected chi connectivity index (χ3v) is 8.76. The van der Waals surface area contributed by atoms with Crippen LogP contribution in [0.25, 0.3) is 0 Å². The molecule has 0 aromatic rings. The quantitative estimate of drug-likeness (QED) is 0.656. The lowest BCUT2D eigenvalue weighted by Gasteiger charge is -2.58. The van der Waals surface area contributed by atoms with Crippen LogP contribution >= 0.6 is 0 Å². The van der Waals surface area contributed by atoms with Crippen molar-refractivity contribution in [3.05, 3.63) is 23.8 Å². The molecule has 1 N–H and O–H groups in total. The van der Waals surface area contributed by atoms with Gasteiger partial charge in [0.25, 0.3) is 0 Å². The van der Waals surface area contributed by atoms with Gasteiger partial charge < -0.3 is 9.84 Å². The van der Waals surface area contributed by atoms with Crippen LogP contribution in [0.15, 0.2) is 23.8 Å². The summed E-state index contributed by atoms with van der Waals surface area (Å²) in [5.41, 5.74) is 0.0187. The van der Waals surface area contributed by atoms with Gasteiger partial charge in [-0.15, -0.1) is 0 Å². The number of carbonyl (C=O) groups is 3. The first-order chi connectivity index (χ1) is 14.8. The van der Waals surface area contributed by atoms with Crippen LogP contribution in [-0.4, -0.2) is 41.5 Å². The number of carbonyl (C=O) groups excluding carboxylic acids is 3. The number of hydrogen-bond donors (Lipinski definition) is 1. The van der Waals surface area contributed by atoms with Gasteiger partial charge in [0.1, 0.15) is 0 Å². The fraction of sp³-hybridized carbons (Fsp3) is 0.708. The van der Waals surface area contributed by atoms with Crippen LogP contribution in [0, 0.1) is 40.4 Å². The third kappa shape index (κ3) is 3.45. The smallest absolute Gasteiger partial charge is 0.451 e. The van der Waals surface area contributed by atoms with Gasteiger partial charge in [-0.3, -0.25) is 9.59 Å². The van der Waals surface area contributed by atoms with Crippen LogP contribution in [0.5, 0.6) is 0 Å². The number of aliphatic hydroxyl groups excluding tert-OH is 1.